The van der Waals surface area contributed by atoms with Gasteiger partial charge in [-0.1, -0.05) is 30.3 Å². The van der Waals surface area contributed by atoms with Crippen molar-refractivity contribution >= 4 is 5.91 Å². The van der Waals surface area contributed by atoms with E-state index < -0.39 is 0 Å². The Labute approximate surface area is 155 Å². The SMILES string of the molecule is C[C@@H]1CN(CCC(=O)NC(Cn2cccn2)c2ccccc2)C[C@H](C)O1. The maximum Gasteiger partial charge on any atom is 0.221 e. The van der Waals surface area contributed by atoms with Crippen molar-refractivity contribution in [2.45, 2.75) is 45.1 Å². The molecule has 1 aromatic carbocycles. The summed E-state index contributed by atoms with van der Waals surface area (Å²) in [4.78, 5) is 14.9. The second-order valence-electron chi connectivity index (χ2n) is 7.03. The molecule has 1 fully saturated rings. The van der Waals surface area contributed by atoms with Crippen molar-refractivity contribution in [2.75, 3.05) is 19.6 Å². The molecule has 26 heavy (non-hydrogen) atoms. The molecule has 1 amide bonds. The van der Waals surface area contributed by atoms with Crippen LogP contribution in [0.3, 0.4) is 0 Å². The van der Waals surface area contributed by atoms with Crippen LogP contribution in [-0.4, -0.2) is 52.4 Å². The summed E-state index contributed by atoms with van der Waals surface area (Å²) in [5.74, 6) is 0.0674. The van der Waals surface area contributed by atoms with E-state index in [1.54, 1.807) is 6.20 Å². The maximum absolute atomic E-state index is 12.6. The smallest absolute Gasteiger partial charge is 0.221 e. The van der Waals surface area contributed by atoms with E-state index in [-0.39, 0.29) is 24.2 Å². The minimum Gasteiger partial charge on any atom is -0.373 e. The Morgan fingerprint density at radius 1 is 1.23 bits per heavy atom. The van der Waals surface area contributed by atoms with Gasteiger partial charge in [-0.05, 0) is 25.5 Å². The lowest BCUT2D eigenvalue weighted by atomic mass is 10.1. The van der Waals surface area contributed by atoms with Gasteiger partial charge in [-0.25, -0.2) is 0 Å². The molecule has 1 aliphatic heterocycles. The number of amides is 1. The molecule has 3 atom stereocenters. The van der Waals surface area contributed by atoms with Gasteiger partial charge in [-0.3, -0.25) is 14.4 Å². The van der Waals surface area contributed by atoms with Crippen molar-refractivity contribution in [3.63, 3.8) is 0 Å². The number of carbonyl (C=O) groups is 1. The molecule has 0 radical (unpaired) electrons. The average Bonchev–Trinajstić information content (AvgIpc) is 3.12. The Bertz CT molecular complexity index is 664. The number of hydrogen-bond donors (Lipinski definition) is 1. The average molecular weight is 356 g/mol. The number of benzene rings is 1. The number of morpholine rings is 1. The lowest BCUT2D eigenvalue weighted by molar-refractivity contribution is -0.123. The quantitative estimate of drug-likeness (QED) is 0.827. The zero-order valence-corrected chi connectivity index (χ0v) is 15.5. The van der Waals surface area contributed by atoms with Gasteiger partial charge in [0.25, 0.3) is 0 Å². The van der Waals surface area contributed by atoms with Gasteiger partial charge >= 0.3 is 0 Å². The molecule has 0 spiro atoms. The molecular formula is C20H28N4O2. The van der Waals surface area contributed by atoms with Crippen LogP contribution in [0.1, 0.15) is 31.9 Å². The summed E-state index contributed by atoms with van der Waals surface area (Å²) in [5, 5.41) is 7.44. The number of hydrogen-bond acceptors (Lipinski definition) is 4. The molecule has 0 aliphatic carbocycles. The fourth-order valence-electron chi connectivity index (χ4n) is 3.51. The minimum absolute atomic E-state index is 0.0674. The third-order valence-electron chi connectivity index (χ3n) is 4.62. The highest BCUT2D eigenvalue weighted by atomic mass is 16.5. The van der Waals surface area contributed by atoms with Crippen LogP contribution in [0.5, 0.6) is 0 Å². The zero-order valence-electron chi connectivity index (χ0n) is 15.5. The molecule has 0 bridgehead atoms. The van der Waals surface area contributed by atoms with Crippen molar-refractivity contribution in [1.29, 1.82) is 0 Å². The minimum atomic E-state index is -0.0915. The van der Waals surface area contributed by atoms with E-state index in [1.807, 2.05) is 47.3 Å². The zero-order chi connectivity index (χ0) is 18.4. The van der Waals surface area contributed by atoms with Gasteiger partial charge in [0.2, 0.25) is 5.91 Å². The van der Waals surface area contributed by atoms with Crippen molar-refractivity contribution in [2.24, 2.45) is 0 Å². The van der Waals surface area contributed by atoms with Crippen LogP contribution >= 0.6 is 0 Å². The predicted molar refractivity (Wildman–Crippen MR) is 101 cm³/mol. The van der Waals surface area contributed by atoms with Gasteiger partial charge in [0.1, 0.15) is 0 Å². The van der Waals surface area contributed by atoms with Crippen molar-refractivity contribution < 1.29 is 9.53 Å². The topological polar surface area (TPSA) is 59.4 Å². The molecule has 6 heteroatoms. The Kier molecular flexibility index (Phi) is 6.41. The van der Waals surface area contributed by atoms with Crippen LogP contribution in [0.2, 0.25) is 0 Å². The van der Waals surface area contributed by atoms with Crippen LogP contribution in [0.4, 0.5) is 0 Å². The highest BCUT2D eigenvalue weighted by Gasteiger charge is 2.23. The van der Waals surface area contributed by atoms with Gasteiger partial charge in [0, 0.05) is 38.4 Å². The summed E-state index contributed by atoms with van der Waals surface area (Å²) >= 11 is 0. The number of rotatable bonds is 7. The Morgan fingerprint density at radius 3 is 2.62 bits per heavy atom. The first kappa shape index (κ1) is 18.6. The van der Waals surface area contributed by atoms with E-state index in [4.69, 9.17) is 4.74 Å². The van der Waals surface area contributed by atoms with Gasteiger partial charge in [0.15, 0.2) is 0 Å². The fraction of sp³-hybridized carbons (Fsp3) is 0.500. The van der Waals surface area contributed by atoms with E-state index in [1.165, 1.54) is 0 Å². The highest BCUT2D eigenvalue weighted by molar-refractivity contribution is 5.76. The third-order valence-corrected chi connectivity index (χ3v) is 4.62. The van der Waals surface area contributed by atoms with E-state index in [9.17, 15) is 4.79 Å². The molecule has 140 valence electrons. The number of aromatic nitrogens is 2. The number of nitrogens with one attached hydrogen (secondary N) is 1. The van der Waals surface area contributed by atoms with E-state index >= 15 is 0 Å². The lowest BCUT2D eigenvalue weighted by Gasteiger charge is -2.35. The highest BCUT2D eigenvalue weighted by Crippen LogP contribution is 2.15. The first-order valence-corrected chi connectivity index (χ1v) is 9.29. The van der Waals surface area contributed by atoms with Crippen LogP contribution < -0.4 is 5.32 Å². The fourth-order valence-corrected chi connectivity index (χ4v) is 3.51. The molecule has 2 aromatic rings. The van der Waals surface area contributed by atoms with Crippen molar-refractivity contribution in [3.05, 3.63) is 54.4 Å². The summed E-state index contributed by atoms with van der Waals surface area (Å²) in [5.41, 5.74) is 1.09. The molecule has 1 aromatic heterocycles. The van der Waals surface area contributed by atoms with Crippen molar-refractivity contribution in [3.8, 4) is 0 Å². The van der Waals surface area contributed by atoms with Gasteiger partial charge in [0.05, 0.1) is 24.8 Å². The molecule has 1 unspecified atom stereocenters. The normalized spacial score (nSPS) is 22.1. The Morgan fingerprint density at radius 2 is 1.96 bits per heavy atom. The second kappa shape index (κ2) is 8.96. The molecule has 1 aliphatic rings. The number of ether oxygens (including phenoxy) is 1. The van der Waals surface area contributed by atoms with E-state index in [0.717, 1.165) is 25.2 Å². The van der Waals surface area contributed by atoms with Crippen LogP contribution in [-0.2, 0) is 16.1 Å². The maximum atomic E-state index is 12.6. The number of carbonyl (C=O) groups excluding carboxylic acids is 1. The molecule has 1 saturated heterocycles. The largest absolute Gasteiger partial charge is 0.373 e. The van der Waals surface area contributed by atoms with Crippen molar-refractivity contribution in [1.82, 2.24) is 20.0 Å². The Hall–Kier alpha value is -2.18. The summed E-state index contributed by atoms with van der Waals surface area (Å²) in [6.07, 6.45) is 4.60. The Balaban J connectivity index is 1.56. The van der Waals surface area contributed by atoms with Gasteiger partial charge in [-0.2, -0.15) is 5.10 Å². The monoisotopic (exact) mass is 356 g/mol. The third kappa shape index (κ3) is 5.41. The number of nitrogens with zero attached hydrogens (tertiary/aromatic N) is 3. The standard InChI is InChI=1S/C20H28N4O2/c1-16-13-23(14-17(2)26-16)12-9-20(25)22-19(15-24-11-6-10-21-24)18-7-4-3-5-8-18/h3-8,10-11,16-17,19H,9,12-15H2,1-2H3,(H,22,25)/t16-,17+,19?. The van der Waals surface area contributed by atoms with E-state index in [0.29, 0.717) is 13.0 Å². The van der Waals surface area contributed by atoms with Gasteiger partial charge in [-0.15, -0.1) is 0 Å². The van der Waals surface area contributed by atoms with Crippen LogP contribution in [0.15, 0.2) is 48.8 Å². The summed E-state index contributed by atoms with van der Waals surface area (Å²) in [6.45, 7) is 7.30. The van der Waals surface area contributed by atoms with Gasteiger partial charge < -0.3 is 10.1 Å². The second-order valence-corrected chi connectivity index (χ2v) is 7.03. The molecule has 6 nitrogen and oxygen atoms in total. The molecule has 1 N–H and O–H groups in total. The lowest BCUT2D eigenvalue weighted by Crippen LogP contribution is -2.46. The summed E-state index contributed by atoms with van der Waals surface area (Å²) in [6, 6.07) is 11.9. The van der Waals surface area contributed by atoms with Crippen LogP contribution in [0, 0.1) is 0 Å². The molecule has 2 heterocycles. The molecular weight excluding hydrogens is 328 g/mol. The molecule has 0 saturated carbocycles. The summed E-state index contributed by atoms with van der Waals surface area (Å²) < 4.78 is 7.60. The summed E-state index contributed by atoms with van der Waals surface area (Å²) in [7, 11) is 0. The van der Waals surface area contributed by atoms with E-state index in [2.05, 4.69) is 29.2 Å². The van der Waals surface area contributed by atoms with Crippen LogP contribution in [0.25, 0.3) is 0 Å². The first-order valence-electron chi connectivity index (χ1n) is 9.29. The predicted octanol–water partition coefficient (Wildman–Crippen LogP) is 2.24. The molecule has 3 rings (SSSR count). The first-order chi connectivity index (χ1) is 12.6.